The quantitative estimate of drug-likeness (QED) is 0.455. The third-order valence-corrected chi connectivity index (χ3v) is 5.76. The lowest BCUT2D eigenvalue weighted by molar-refractivity contribution is 0.233. The highest BCUT2D eigenvalue weighted by atomic mass is 16.5. The van der Waals surface area contributed by atoms with Crippen LogP contribution >= 0.6 is 0 Å². The first kappa shape index (κ1) is 23.2. The van der Waals surface area contributed by atoms with Crippen LogP contribution in [0, 0.1) is 6.92 Å². The summed E-state index contributed by atoms with van der Waals surface area (Å²) in [6.45, 7) is 9.19. The van der Waals surface area contributed by atoms with Crippen molar-refractivity contribution in [2.45, 2.75) is 45.7 Å². The Bertz CT molecular complexity index is 854. The molecule has 1 saturated heterocycles. The number of nitrogens with two attached hydrogens (primary N) is 1. The molecular weight excluding hydrogens is 392 g/mol. The molecule has 2 aromatic rings. The largest absolute Gasteiger partial charge is 0.496 e. The summed E-state index contributed by atoms with van der Waals surface area (Å²) in [5.41, 5.74) is 10.0. The van der Waals surface area contributed by atoms with Crippen LogP contribution in [-0.2, 0) is 13.0 Å². The molecule has 0 spiro atoms. The van der Waals surface area contributed by atoms with E-state index in [-0.39, 0.29) is 18.6 Å². The van der Waals surface area contributed by atoms with Crippen molar-refractivity contribution in [2.24, 2.45) is 0 Å². The number of hydrogen-bond acceptors (Lipinski definition) is 8. The molecule has 0 aliphatic carbocycles. The van der Waals surface area contributed by atoms with E-state index in [0.29, 0.717) is 12.2 Å². The van der Waals surface area contributed by atoms with Crippen LogP contribution in [0.25, 0.3) is 0 Å². The number of anilines is 2. The Morgan fingerprint density at radius 3 is 2.74 bits per heavy atom. The van der Waals surface area contributed by atoms with Gasteiger partial charge in [-0.15, -0.1) is 0 Å². The molecule has 8 nitrogen and oxygen atoms in total. The Morgan fingerprint density at radius 1 is 1.29 bits per heavy atom. The minimum absolute atomic E-state index is 0.0419. The monoisotopic (exact) mass is 428 g/mol. The van der Waals surface area contributed by atoms with Gasteiger partial charge in [-0.1, -0.05) is 25.5 Å². The molecule has 2 heterocycles. The molecule has 8 heteroatoms. The standard InChI is InChI=1S/C23H36N6O2/c1-4-5-19(15-30)27-22-20(16(2)26-23(24)28-22)13-18-7-6-17(12-21(18)31-3)14-29-10-8-25-9-11-29/h6-7,12,19,25,30H,4-5,8-11,13-15H2,1-3H3,(H3,24,26,27,28)/t19-/m0/s1. The Balaban J connectivity index is 1.83. The zero-order valence-electron chi connectivity index (χ0n) is 18.9. The molecule has 3 rings (SSSR count). The summed E-state index contributed by atoms with van der Waals surface area (Å²) in [6.07, 6.45) is 2.44. The molecule has 170 valence electrons. The number of aromatic nitrogens is 2. The SMILES string of the molecule is CCC[C@@H](CO)Nc1nc(N)nc(C)c1Cc1ccc(CN2CCNCC2)cc1OC. The molecule has 1 aliphatic heterocycles. The second-order valence-electron chi connectivity index (χ2n) is 8.16. The lowest BCUT2D eigenvalue weighted by atomic mass is 10.0. The molecule has 1 aromatic carbocycles. The number of piperazine rings is 1. The summed E-state index contributed by atoms with van der Waals surface area (Å²) in [5.74, 6) is 1.78. The number of benzene rings is 1. The molecule has 1 aromatic heterocycles. The third-order valence-electron chi connectivity index (χ3n) is 5.76. The van der Waals surface area contributed by atoms with Crippen molar-refractivity contribution < 1.29 is 9.84 Å². The fraction of sp³-hybridized carbons (Fsp3) is 0.565. The van der Waals surface area contributed by atoms with E-state index >= 15 is 0 Å². The number of hydrogen-bond donors (Lipinski definition) is 4. The maximum absolute atomic E-state index is 9.72. The first-order valence-electron chi connectivity index (χ1n) is 11.1. The first-order valence-corrected chi connectivity index (χ1v) is 11.1. The number of rotatable bonds is 10. The van der Waals surface area contributed by atoms with Gasteiger partial charge in [-0.2, -0.15) is 4.98 Å². The van der Waals surface area contributed by atoms with Gasteiger partial charge in [0, 0.05) is 50.4 Å². The number of aryl methyl sites for hydroxylation is 1. The molecular formula is C23H36N6O2. The fourth-order valence-electron chi connectivity index (χ4n) is 4.05. The van der Waals surface area contributed by atoms with E-state index in [0.717, 1.165) is 68.1 Å². The highest BCUT2D eigenvalue weighted by molar-refractivity contribution is 5.53. The van der Waals surface area contributed by atoms with Crippen LogP contribution in [0.4, 0.5) is 11.8 Å². The highest BCUT2D eigenvalue weighted by Gasteiger charge is 2.18. The van der Waals surface area contributed by atoms with Crippen molar-refractivity contribution >= 4 is 11.8 Å². The molecule has 0 radical (unpaired) electrons. The first-order chi connectivity index (χ1) is 15.0. The van der Waals surface area contributed by atoms with Crippen molar-refractivity contribution in [1.29, 1.82) is 0 Å². The van der Waals surface area contributed by atoms with E-state index in [1.807, 2.05) is 6.92 Å². The molecule has 0 saturated carbocycles. The molecule has 1 atom stereocenters. The lowest BCUT2D eigenvalue weighted by Gasteiger charge is -2.27. The van der Waals surface area contributed by atoms with Crippen LogP contribution in [0.3, 0.4) is 0 Å². The van der Waals surface area contributed by atoms with Crippen molar-refractivity contribution in [1.82, 2.24) is 20.2 Å². The summed E-state index contributed by atoms with van der Waals surface area (Å²) in [4.78, 5) is 11.3. The Hall–Kier alpha value is -2.42. The van der Waals surface area contributed by atoms with E-state index in [2.05, 4.69) is 50.6 Å². The maximum Gasteiger partial charge on any atom is 0.222 e. The van der Waals surface area contributed by atoms with Crippen LogP contribution in [-0.4, -0.2) is 65.9 Å². The zero-order chi connectivity index (χ0) is 22.2. The number of nitrogen functional groups attached to an aromatic ring is 1. The smallest absolute Gasteiger partial charge is 0.222 e. The van der Waals surface area contributed by atoms with Crippen LogP contribution in [0.1, 0.15) is 42.1 Å². The molecule has 1 aliphatic rings. The third kappa shape index (κ3) is 6.29. The molecule has 31 heavy (non-hydrogen) atoms. The van der Waals surface area contributed by atoms with E-state index in [1.165, 1.54) is 5.56 Å². The van der Waals surface area contributed by atoms with Gasteiger partial charge in [0.2, 0.25) is 5.95 Å². The van der Waals surface area contributed by atoms with E-state index in [4.69, 9.17) is 10.5 Å². The topological polar surface area (TPSA) is 109 Å². The summed E-state index contributed by atoms with van der Waals surface area (Å²) in [6, 6.07) is 6.37. The number of methoxy groups -OCH3 is 1. The highest BCUT2D eigenvalue weighted by Crippen LogP contribution is 2.28. The van der Waals surface area contributed by atoms with Crippen LogP contribution in [0.2, 0.25) is 0 Å². The number of aliphatic hydroxyl groups is 1. The molecule has 1 fully saturated rings. The van der Waals surface area contributed by atoms with Gasteiger partial charge in [-0.3, -0.25) is 4.90 Å². The maximum atomic E-state index is 9.72. The summed E-state index contributed by atoms with van der Waals surface area (Å²) < 4.78 is 5.73. The average molecular weight is 429 g/mol. The number of nitrogens with one attached hydrogen (secondary N) is 2. The summed E-state index contributed by atoms with van der Waals surface area (Å²) in [5, 5.41) is 16.5. The molecule has 5 N–H and O–H groups in total. The second-order valence-corrected chi connectivity index (χ2v) is 8.16. The molecule has 0 amide bonds. The van der Waals surface area contributed by atoms with Gasteiger partial charge in [0.25, 0.3) is 0 Å². The fourth-order valence-corrected chi connectivity index (χ4v) is 4.05. The van der Waals surface area contributed by atoms with Gasteiger partial charge >= 0.3 is 0 Å². The average Bonchev–Trinajstić information content (AvgIpc) is 2.77. The van der Waals surface area contributed by atoms with E-state index in [1.54, 1.807) is 7.11 Å². The Labute approximate surface area is 185 Å². The molecule has 0 unspecified atom stereocenters. The normalized spacial score (nSPS) is 15.6. The van der Waals surface area contributed by atoms with Gasteiger partial charge in [0.05, 0.1) is 19.8 Å². The van der Waals surface area contributed by atoms with Crippen molar-refractivity contribution in [3.05, 3.63) is 40.6 Å². The van der Waals surface area contributed by atoms with E-state index < -0.39 is 0 Å². The number of nitrogens with zero attached hydrogens (tertiary/aromatic N) is 3. The Kier molecular flexibility index (Phi) is 8.45. The lowest BCUT2D eigenvalue weighted by Crippen LogP contribution is -2.42. The van der Waals surface area contributed by atoms with Gasteiger partial charge < -0.3 is 26.2 Å². The predicted octanol–water partition coefficient (Wildman–Crippen LogP) is 1.94. The van der Waals surface area contributed by atoms with Crippen LogP contribution < -0.4 is 21.1 Å². The second kappa shape index (κ2) is 11.3. The van der Waals surface area contributed by atoms with Crippen molar-refractivity contribution in [2.75, 3.05) is 50.9 Å². The Morgan fingerprint density at radius 2 is 2.06 bits per heavy atom. The number of aliphatic hydroxyl groups excluding tert-OH is 1. The van der Waals surface area contributed by atoms with Crippen molar-refractivity contribution in [3.63, 3.8) is 0 Å². The zero-order valence-corrected chi connectivity index (χ0v) is 18.9. The minimum atomic E-state index is -0.0687. The van der Waals surface area contributed by atoms with Gasteiger partial charge in [0.15, 0.2) is 0 Å². The van der Waals surface area contributed by atoms with Gasteiger partial charge in [-0.25, -0.2) is 4.98 Å². The van der Waals surface area contributed by atoms with Gasteiger partial charge in [-0.05, 0) is 30.5 Å². The number of ether oxygens (including phenoxy) is 1. The summed E-state index contributed by atoms with van der Waals surface area (Å²) >= 11 is 0. The predicted molar refractivity (Wildman–Crippen MR) is 125 cm³/mol. The van der Waals surface area contributed by atoms with Crippen LogP contribution in [0.15, 0.2) is 18.2 Å². The minimum Gasteiger partial charge on any atom is -0.496 e. The van der Waals surface area contributed by atoms with Crippen molar-refractivity contribution in [3.8, 4) is 5.75 Å². The van der Waals surface area contributed by atoms with Crippen LogP contribution in [0.5, 0.6) is 5.75 Å². The summed E-state index contributed by atoms with van der Waals surface area (Å²) in [7, 11) is 1.71. The van der Waals surface area contributed by atoms with Gasteiger partial charge in [0.1, 0.15) is 11.6 Å². The molecule has 0 bridgehead atoms. The van der Waals surface area contributed by atoms with E-state index in [9.17, 15) is 5.11 Å².